The predicted molar refractivity (Wildman–Crippen MR) is 70.7 cm³/mol. The monoisotopic (exact) mass is 259 g/mol. The smallest absolute Gasteiger partial charge is 0.271 e. The van der Waals surface area contributed by atoms with Crippen molar-refractivity contribution in [2.45, 2.75) is 0 Å². The molecule has 0 radical (unpaired) electrons. The average Bonchev–Trinajstić information content (AvgIpc) is 2.41. The minimum atomic E-state index is -0.477. The summed E-state index contributed by atoms with van der Waals surface area (Å²) in [5.74, 6) is -0.316. The van der Waals surface area contributed by atoms with Crippen LogP contribution in [-0.2, 0) is 0 Å². The molecule has 2 aromatic rings. The highest BCUT2D eigenvalue weighted by Crippen LogP contribution is 2.16. The molecule has 2 rings (SSSR count). The fourth-order valence-corrected chi connectivity index (χ4v) is 1.42. The standard InChI is InChI=1S/C13H10FN3O2/c14-11-6-4-10(5-7-11)9-15-16-12-2-1-3-13(8-12)17(18)19/h1-9,16H. The van der Waals surface area contributed by atoms with Crippen molar-refractivity contribution in [2.24, 2.45) is 5.10 Å². The second-order valence-corrected chi connectivity index (χ2v) is 3.73. The van der Waals surface area contributed by atoms with Gasteiger partial charge in [-0.25, -0.2) is 4.39 Å². The molecule has 5 nitrogen and oxygen atoms in total. The first-order chi connectivity index (χ1) is 9.15. The van der Waals surface area contributed by atoms with Crippen molar-refractivity contribution in [3.05, 3.63) is 70.0 Å². The zero-order valence-electron chi connectivity index (χ0n) is 9.79. The third kappa shape index (κ3) is 3.60. The van der Waals surface area contributed by atoms with Crippen LogP contribution in [0, 0.1) is 15.9 Å². The summed E-state index contributed by atoms with van der Waals surface area (Å²) in [4.78, 5) is 10.1. The molecule has 0 saturated carbocycles. The Morgan fingerprint density at radius 2 is 1.95 bits per heavy atom. The Hall–Kier alpha value is -2.76. The van der Waals surface area contributed by atoms with Crippen LogP contribution < -0.4 is 5.43 Å². The summed E-state index contributed by atoms with van der Waals surface area (Å²) < 4.78 is 12.7. The van der Waals surface area contributed by atoms with E-state index in [2.05, 4.69) is 10.5 Å². The third-order valence-electron chi connectivity index (χ3n) is 2.33. The first kappa shape index (κ1) is 12.7. The molecular weight excluding hydrogens is 249 g/mol. The Bertz CT molecular complexity index is 612. The Kier molecular flexibility index (Phi) is 3.82. The second kappa shape index (κ2) is 5.72. The van der Waals surface area contributed by atoms with E-state index >= 15 is 0 Å². The highest BCUT2D eigenvalue weighted by Gasteiger charge is 2.04. The molecule has 0 aliphatic heterocycles. The topological polar surface area (TPSA) is 67.5 Å². The Morgan fingerprint density at radius 1 is 1.21 bits per heavy atom. The Labute approximate surface area is 108 Å². The summed E-state index contributed by atoms with van der Waals surface area (Å²) in [5, 5.41) is 14.5. The van der Waals surface area contributed by atoms with Crippen LogP contribution in [0.25, 0.3) is 0 Å². The van der Waals surface area contributed by atoms with E-state index in [9.17, 15) is 14.5 Å². The molecule has 0 bridgehead atoms. The van der Waals surface area contributed by atoms with E-state index < -0.39 is 4.92 Å². The van der Waals surface area contributed by atoms with Gasteiger partial charge in [-0.05, 0) is 23.8 Å². The molecule has 0 spiro atoms. The number of nitro benzene ring substituents is 1. The summed E-state index contributed by atoms with van der Waals surface area (Å²) in [5.41, 5.74) is 3.89. The summed E-state index contributed by atoms with van der Waals surface area (Å²) in [6, 6.07) is 11.8. The van der Waals surface area contributed by atoms with Crippen LogP contribution in [0.3, 0.4) is 0 Å². The number of nitrogens with one attached hydrogen (secondary N) is 1. The molecule has 0 aliphatic carbocycles. The van der Waals surface area contributed by atoms with Gasteiger partial charge >= 0.3 is 0 Å². The number of halogens is 1. The maximum Gasteiger partial charge on any atom is 0.271 e. The molecular formula is C13H10FN3O2. The van der Waals surface area contributed by atoms with Crippen molar-refractivity contribution in [3.63, 3.8) is 0 Å². The van der Waals surface area contributed by atoms with Gasteiger partial charge < -0.3 is 0 Å². The highest BCUT2D eigenvalue weighted by atomic mass is 19.1. The van der Waals surface area contributed by atoms with Crippen molar-refractivity contribution in [2.75, 3.05) is 5.43 Å². The average molecular weight is 259 g/mol. The fraction of sp³-hybridized carbons (Fsp3) is 0. The van der Waals surface area contributed by atoms with Gasteiger partial charge in [0.2, 0.25) is 0 Å². The van der Waals surface area contributed by atoms with Crippen molar-refractivity contribution < 1.29 is 9.31 Å². The number of non-ortho nitro benzene ring substituents is 1. The Morgan fingerprint density at radius 3 is 2.63 bits per heavy atom. The first-order valence-corrected chi connectivity index (χ1v) is 5.44. The van der Waals surface area contributed by atoms with Crippen LogP contribution >= 0.6 is 0 Å². The second-order valence-electron chi connectivity index (χ2n) is 3.73. The van der Waals surface area contributed by atoms with Crippen LogP contribution in [0.1, 0.15) is 5.56 Å². The van der Waals surface area contributed by atoms with Gasteiger partial charge in [0.1, 0.15) is 5.82 Å². The molecule has 0 unspecified atom stereocenters. The summed E-state index contributed by atoms with van der Waals surface area (Å²) >= 11 is 0. The third-order valence-corrected chi connectivity index (χ3v) is 2.33. The van der Waals surface area contributed by atoms with Crippen molar-refractivity contribution in [1.82, 2.24) is 0 Å². The van der Waals surface area contributed by atoms with Gasteiger partial charge in [-0.2, -0.15) is 5.10 Å². The molecule has 1 N–H and O–H groups in total. The zero-order chi connectivity index (χ0) is 13.7. The lowest BCUT2D eigenvalue weighted by Crippen LogP contribution is -1.93. The maximum absolute atomic E-state index is 12.7. The van der Waals surface area contributed by atoms with Gasteiger partial charge in [-0.15, -0.1) is 0 Å². The molecule has 0 heterocycles. The summed E-state index contributed by atoms with van der Waals surface area (Å²) in [6.07, 6.45) is 1.50. The van der Waals surface area contributed by atoms with Crippen LogP contribution in [0.5, 0.6) is 0 Å². The van der Waals surface area contributed by atoms with Gasteiger partial charge in [0.15, 0.2) is 0 Å². The van der Waals surface area contributed by atoms with Crippen molar-refractivity contribution in [1.29, 1.82) is 0 Å². The SMILES string of the molecule is O=[N+]([O-])c1cccc(NN=Cc2ccc(F)cc2)c1. The highest BCUT2D eigenvalue weighted by molar-refractivity contribution is 5.80. The van der Waals surface area contributed by atoms with Crippen LogP contribution in [0.15, 0.2) is 53.6 Å². The van der Waals surface area contributed by atoms with E-state index in [1.165, 1.54) is 30.5 Å². The van der Waals surface area contributed by atoms with Gasteiger partial charge in [-0.1, -0.05) is 18.2 Å². The van der Waals surface area contributed by atoms with Gasteiger partial charge in [0.05, 0.1) is 16.8 Å². The number of hydrazone groups is 1. The van der Waals surface area contributed by atoms with E-state index in [4.69, 9.17) is 0 Å². The molecule has 0 aliphatic rings. The lowest BCUT2D eigenvalue weighted by molar-refractivity contribution is -0.384. The summed E-state index contributed by atoms with van der Waals surface area (Å²) in [6.45, 7) is 0. The van der Waals surface area contributed by atoms with Crippen LogP contribution in [-0.4, -0.2) is 11.1 Å². The predicted octanol–water partition coefficient (Wildman–Crippen LogP) is 3.18. The van der Waals surface area contributed by atoms with Crippen molar-refractivity contribution >= 4 is 17.6 Å². The van der Waals surface area contributed by atoms with Crippen LogP contribution in [0.2, 0.25) is 0 Å². The number of benzene rings is 2. The van der Waals surface area contributed by atoms with Crippen molar-refractivity contribution in [3.8, 4) is 0 Å². The number of rotatable bonds is 4. The van der Waals surface area contributed by atoms with Crippen LogP contribution in [0.4, 0.5) is 15.8 Å². The molecule has 0 aromatic heterocycles. The largest absolute Gasteiger partial charge is 0.278 e. The molecule has 6 heteroatoms. The number of anilines is 1. The number of nitrogens with zero attached hydrogens (tertiary/aromatic N) is 2. The zero-order valence-corrected chi connectivity index (χ0v) is 9.79. The van der Waals surface area contributed by atoms with Gasteiger partial charge in [-0.3, -0.25) is 15.5 Å². The molecule has 19 heavy (non-hydrogen) atoms. The first-order valence-electron chi connectivity index (χ1n) is 5.44. The van der Waals surface area contributed by atoms with Gasteiger partial charge in [0, 0.05) is 12.1 Å². The van der Waals surface area contributed by atoms with E-state index in [0.717, 1.165) is 5.56 Å². The van der Waals surface area contributed by atoms with E-state index in [-0.39, 0.29) is 11.5 Å². The molecule has 0 fully saturated rings. The lowest BCUT2D eigenvalue weighted by Gasteiger charge is -1.99. The molecule has 2 aromatic carbocycles. The number of hydrogen-bond donors (Lipinski definition) is 1. The number of nitro groups is 1. The minimum Gasteiger partial charge on any atom is -0.278 e. The van der Waals surface area contributed by atoms with Gasteiger partial charge in [0.25, 0.3) is 5.69 Å². The van der Waals surface area contributed by atoms with E-state index in [0.29, 0.717) is 5.69 Å². The maximum atomic E-state index is 12.7. The normalized spacial score (nSPS) is 10.6. The molecule has 96 valence electrons. The lowest BCUT2D eigenvalue weighted by atomic mass is 10.2. The quantitative estimate of drug-likeness (QED) is 0.521. The molecule has 0 saturated heterocycles. The van der Waals surface area contributed by atoms with E-state index in [1.807, 2.05) is 0 Å². The number of hydrogen-bond acceptors (Lipinski definition) is 4. The Balaban J connectivity index is 2.04. The molecule has 0 atom stereocenters. The van der Waals surface area contributed by atoms with E-state index in [1.54, 1.807) is 24.3 Å². The minimum absolute atomic E-state index is 0.0121. The fourth-order valence-electron chi connectivity index (χ4n) is 1.42. The summed E-state index contributed by atoms with van der Waals surface area (Å²) in [7, 11) is 0. The molecule has 0 amide bonds.